The molecule has 1 unspecified atom stereocenters. The zero-order valence-electron chi connectivity index (χ0n) is 12.7. The van der Waals surface area contributed by atoms with E-state index in [0.717, 1.165) is 52.0 Å². The summed E-state index contributed by atoms with van der Waals surface area (Å²) in [6.07, 6.45) is 3.13. The lowest BCUT2D eigenvalue weighted by Crippen LogP contribution is -2.54. The summed E-state index contributed by atoms with van der Waals surface area (Å²) in [5.74, 6) is 0.351. The van der Waals surface area contributed by atoms with E-state index < -0.39 is 0 Å². The van der Waals surface area contributed by atoms with Crippen molar-refractivity contribution in [1.82, 2.24) is 9.80 Å². The minimum atomic E-state index is 0.0828. The molecule has 6 heteroatoms. The van der Waals surface area contributed by atoms with Gasteiger partial charge in [0.15, 0.2) is 5.84 Å². The van der Waals surface area contributed by atoms with Crippen LogP contribution in [0.4, 0.5) is 0 Å². The molecule has 2 heterocycles. The van der Waals surface area contributed by atoms with Crippen molar-refractivity contribution in [3.63, 3.8) is 0 Å². The Morgan fingerprint density at radius 1 is 1.43 bits per heavy atom. The van der Waals surface area contributed by atoms with Crippen molar-refractivity contribution in [2.75, 3.05) is 32.7 Å². The molecule has 1 fully saturated rings. The Morgan fingerprint density at radius 2 is 2.19 bits per heavy atom. The Morgan fingerprint density at radius 3 is 2.76 bits per heavy atom. The van der Waals surface area contributed by atoms with Crippen LogP contribution >= 0.6 is 11.3 Å². The fourth-order valence-electron chi connectivity index (χ4n) is 2.88. The van der Waals surface area contributed by atoms with Crippen LogP contribution in [0.2, 0.25) is 0 Å². The van der Waals surface area contributed by atoms with Crippen molar-refractivity contribution in [3.8, 4) is 0 Å². The topological polar surface area (TPSA) is 65.1 Å². The van der Waals surface area contributed by atoms with E-state index in [1.807, 2.05) is 11.3 Å². The Labute approximate surface area is 131 Å². The molecule has 3 N–H and O–H groups in total. The Hall–Kier alpha value is -1.11. The minimum absolute atomic E-state index is 0.0828. The van der Waals surface area contributed by atoms with E-state index >= 15 is 0 Å². The van der Waals surface area contributed by atoms with Crippen molar-refractivity contribution in [1.29, 1.82) is 0 Å². The second-order valence-electron chi connectivity index (χ2n) is 5.54. The number of nitrogens with zero attached hydrogens (tertiary/aromatic N) is 3. The fraction of sp³-hybridized carbons (Fsp3) is 0.667. The van der Waals surface area contributed by atoms with Gasteiger partial charge in [-0.2, -0.15) is 0 Å². The molecule has 2 rings (SSSR count). The maximum Gasteiger partial charge on any atom is 0.156 e. The van der Waals surface area contributed by atoms with E-state index in [-0.39, 0.29) is 6.04 Å². The molecule has 0 amide bonds. The summed E-state index contributed by atoms with van der Waals surface area (Å²) < 4.78 is 0. The summed E-state index contributed by atoms with van der Waals surface area (Å²) in [4.78, 5) is 6.31. The molecule has 1 saturated heterocycles. The molecule has 1 aliphatic heterocycles. The van der Waals surface area contributed by atoms with Crippen LogP contribution in [0.3, 0.4) is 0 Å². The molecule has 0 bridgehead atoms. The molecule has 1 atom stereocenters. The van der Waals surface area contributed by atoms with E-state index in [2.05, 4.69) is 39.4 Å². The number of thiophene rings is 1. The largest absolute Gasteiger partial charge is 0.409 e. The molecular formula is C15H26N4OS. The lowest BCUT2D eigenvalue weighted by atomic mass is 10.1. The van der Waals surface area contributed by atoms with Crippen LogP contribution in [-0.2, 0) is 6.42 Å². The van der Waals surface area contributed by atoms with Gasteiger partial charge in [-0.3, -0.25) is 4.90 Å². The highest BCUT2D eigenvalue weighted by Gasteiger charge is 2.25. The first-order chi connectivity index (χ1) is 10.2. The average Bonchev–Trinajstić information content (AvgIpc) is 3.04. The van der Waals surface area contributed by atoms with Crippen molar-refractivity contribution in [3.05, 3.63) is 22.4 Å². The van der Waals surface area contributed by atoms with Gasteiger partial charge in [0, 0.05) is 37.6 Å². The van der Waals surface area contributed by atoms with Crippen LogP contribution in [0, 0.1) is 0 Å². The van der Waals surface area contributed by atoms with Gasteiger partial charge in [0.25, 0.3) is 0 Å². The standard InChI is InChI=1S/C15H26N4OS/c1-2-4-14(15(16)17-20)19-10-8-18(9-11-19)7-6-13-5-3-12-21-13/h3,5,12,14,20H,2,4,6-11H2,1H3,(H2,16,17). The summed E-state index contributed by atoms with van der Waals surface area (Å²) >= 11 is 1.83. The first-order valence-electron chi connectivity index (χ1n) is 7.70. The van der Waals surface area contributed by atoms with Crippen molar-refractivity contribution >= 4 is 17.2 Å². The maximum absolute atomic E-state index is 8.93. The van der Waals surface area contributed by atoms with Crippen molar-refractivity contribution in [2.24, 2.45) is 10.9 Å². The number of hydrogen-bond acceptors (Lipinski definition) is 5. The van der Waals surface area contributed by atoms with Gasteiger partial charge in [-0.05, 0) is 24.3 Å². The fourth-order valence-corrected chi connectivity index (χ4v) is 3.58. The van der Waals surface area contributed by atoms with Crippen LogP contribution in [0.5, 0.6) is 0 Å². The number of rotatable bonds is 7. The van der Waals surface area contributed by atoms with Gasteiger partial charge >= 0.3 is 0 Å². The van der Waals surface area contributed by atoms with Crippen LogP contribution in [0.1, 0.15) is 24.6 Å². The second kappa shape index (κ2) is 8.36. The predicted octanol–water partition coefficient (Wildman–Crippen LogP) is 1.82. The summed E-state index contributed by atoms with van der Waals surface area (Å²) in [7, 11) is 0. The van der Waals surface area contributed by atoms with Gasteiger partial charge in [-0.1, -0.05) is 24.6 Å². The summed E-state index contributed by atoms with van der Waals surface area (Å²) in [5.41, 5.74) is 5.84. The minimum Gasteiger partial charge on any atom is -0.409 e. The lowest BCUT2D eigenvalue weighted by molar-refractivity contribution is 0.113. The van der Waals surface area contributed by atoms with E-state index in [9.17, 15) is 0 Å². The van der Waals surface area contributed by atoms with E-state index in [1.165, 1.54) is 4.88 Å². The number of nitrogens with two attached hydrogens (primary N) is 1. The summed E-state index contributed by atoms with van der Waals surface area (Å²) in [6, 6.07) is 4.40. The van der Waals surface area contributed by atoms with Gasteiger partial charge in [0.05, 0.1) is 6.04 Å². The molecule has 0 aromatic carbocycles. The van der Waals surface area contributed by atoms with E-state index in [1.54, 1.807) is 0 Å². The third-order valence-corrected chi connectivity index (χ3v) is 5.06. The molecule has 0 radical (unpaired) electrons. The molecule has 5 nitrogen and oxygen atoms in total. The molecule has 0 aliphatic carbocycles. The quantitative estimate of drug-likeness (QED) is 0.349. The predicted molar refractivity (Wildman–Crippen MR) is 88.1 cm³/mol. The highest BCUT2D eigenvalue weighted by molar-refractivity contribution is 7.09. The maximum atomic E-state index is 8.93. The number of piperazine rings is 1. The van der Waals surface area contributed by atoms with E-state index in [4.69, 9.17) is 10.9 Å². The van der Waals surface area contributed by atoms with E-state index in [0.29, 0.717) is 5.84 Å². The highest BCUT2D eigenvalue weighted by Crippen LogP contribution is 2.14. The van der Waals surface area contributed by atoms with Crippen LogP contribution in [0.15, 0.2) is 22.7 Å². The Bertz CT molecular complexity index is 427. The molecule has 1 aromatic rings. The number of amidine groups is 1. The number of hydrogen-bond donors (Lipinski definition) is 2. The summed E-state index contributed by atoms with van der Waals surface area (Å²) in [6.45, 7) is 7.36. The van der Waals surface area contributed by atoms with Crippen molar-refractivity contribution < 1.29 is 5.21 Å². The summed E-state index contributed by atoms with van der Waals surface area (Å²) in [5, 5.41) is 14.3. The van der Waals surface area contributed by atoms with Gasteiger partial charge in [0.1, 0.15) is 0 Å². The molecule has 1 aliphatic rings. The highest BCUT2D eigenvalue weighted by atomic mass is 32.1. The Kier molecular flexibility index (Phi) is 6.48. The number of oxime groups is 1. The smallest absolute Gasteiger partial charge is 0.156 e. The van der Waals surface area contributed by atoms with Gasteiger partial charge in [0.2, 0.25) is 0 Å². The SMILES string of the molecule is CCCC(C(N)=NO)N1CCN(CCc2cccs2)CC1. The second-order valence-corrected chi connectivity index (χ2v) is 6.57. The average molecular weight is 310 g/mol. The molecule has 1 aromatic heterocycles. The van der Waals surface area contributed by atoms with Crippen LogP contribution in [0.25, 0.3) is 0 Å². The first kappa shape index (κ1) is 16.3. The zero-order valence-corrected chi connectivity index (χ0v) is 13.6. The third-order valence-electron chi connectivity index (χ3n) is 4.12. The molecular weight excluding hydrogens is 284 g/mol. The third kappa shape index (κ3) is 4.69. The van der Waals surface area contributed by atoms with Crippen molar-refractivity contribution in [2.45, 2.75) is 32.2 Å². The molecule has 0 saturated carbocycles. The van der Waals surface area contributed by atoms with Crippen LogP contribution in [-0.4, -0.2) is 59.6 Å². The van der Waals surface area contributed by atoms with Gasteiger partial charge in [-0.15, -0.1) is 11.3 Å². The molecule has 118 valence electrons. The zero-order chi connectivity index (χ0) is 15.1. The lowest BCUT2D eigenvalue weighted by Gasteiger charge is -2.38. The Balaban J connectivity index is 1.78. The first-order valence-corrected chi connectivity index (χ1v) is 8.58. The monoisotopic (exact) mass is 310 g/mol. The normalized spacial score (nSPS) is 19.8. The van der Waals surface area contributed by atoms with Crippen LogP contribution < -0.4 is 5.73 Å². The van der Waals surface area contributed by atoms with Gasteiger partial charge < -0.3 is 15.8 Å². The van der Waals surface area contributed by atoms with Gasteiger partial charge in [-0.25, -0.2) is 0 Å². The molecule has 0 spiro atoms. The molecule has 21 heavy (non-hydrogen) atoms.